The van der Waals surface area contributed by atoms with E-state index in [1.54, 1.807) is 0 Å². The van der Waals surface area contributed by atoms with E-state index >= 15 is 0 Å². The Morgan fingerprint density at radius 1 is 1.33 bits per heavy atom. The van der Waals surface area contributed by atoms with Crippen LogP contribution in [0.3, 0.4) is 0 Å². The number of rotatable bonds is 4. The Morgan fingerprint density at radius 2 is 2.06 bits per heavy atom. The smallest absolute Gasteiger partial charge is 0.134 e. The molecule has 1 aliphatic rings. The first-order valence-electron chi connectivity index (χ1n) is 6.70. The van der Waals surface area contributed by atoms with E-state index < -0.39 is 0 Å². The van der Waals surface area contributed by atoms with Gasteiger partial charge in [0.25, 0.3) is 0 Å². The molecule has 18 heavy (non-hydrogen) atoms. The molecule has 1 saturated heterocycles. The summed E-state index contributed by atoms with van der Waals surface area (Å²) in [5.41, 5.74) is 0. The summed E-state index contributed by atoms with van der Waals surface area (Å²) in [7, 11) is 0. The second-order valence-electron chi connectivity index (χ2n) is 5.17. The topological polar surface area (TPSA) is 53.1 Å². The maximum Gasteiger partial charge on any atom is 0.134 e. The molecule has 0 aliphatic carbocycles. The van der Waals surface area contributed by atoms with Crippen molar-refractivity contribution in [1.29, 1.82) is 0 Å². The quantitative estimate of drug-likeness (QED) is 0.841. The predicted molar refractivity (Wildman–Crippen MR) is 75.2 cm³/mol. The molecule has 1 aliphatic heterocycles. The number of hydrogen-bond acceptors (Lipinski definition) is 5. The van der Waals surface area contributed by atoms with Crippen LogP contribution in [-0.2, 0) is 0 Å². The SMILES string of the molecule is Cc1nc(NCC(C)C)cc(N2CCNCC2)n1. The molecule has 0 aromatic carbocycles. The van der Waals surface area contributed by atoms with Crippen molar-refractivity contribution in [2.24, 2.45) is 5.92 Å². The summed E-state index contributed by atoms with van der Waals surface area (Å²) in [6, 6.07) is 2.06. The molecule has 0 atom stereocenters. The van der Waals surface area contributed by atoms with E-state index in [0.29, 0.717) is 5.92 Å². The standard InChI is InChI=1S/C13H23N5/c1-10(2)9-15-12-8-13(17-11(3)16-12)18-6-4-14-5-7-18/h8,10,14H,4-7,9H2,1-3H3,(H,15,16,17). The minimum Gasteiger partial charge on any atom is -0.370 e. The average molecular weight is 249 g/mol. The molecule has 1 fully saturated rings. The van der Waals surface area contributed by atoms with E-state index in [0.717, 1.165) is 50.2 Å². The van der Waals surface area contributed by atoms with Crippen molar-refractivity contribution >= 4 is 11.6 Å². The molecule has 0 radical (unpaired) electrons. The van der Waals surface area contributed by atoms with Crippen LogP contribution in [0.4, 0.5) is 11.6 Å². The summed E-state index contributed by atoms with van der Waals surface area (Å²) in [5, 5.41) is 6.72. The Hall–Kier alpha value is -1.36. The second kappa shape index (κ2) is 6.00. The van der Waals surface area contributed by atoms with Gasteiger partial charge in [-0.05, 0) is 12.8 Å². The van der Waals surface area contributed by atoms with Gasteiger partial charge in [0.15, 0.2) is 0 Å². The van der Waals surface area contributed by atoms with Crippen LogP contribution in [0.5, 0.6) is 0 Å². The maximum atomic E-state index is 4.53. The number of piperazine rings is 1. The fourth-order valence-corrected chi connectivity index (χ4v) is 2.01. The number of hydrogen-bond donors (Lipinski definition) is 2. The number of nitrogens with zero attached hydrogens (tertiary/aromatic N) is 3. The zero-order chi connectivity index (χ0) is 13.0. The van der Waals surface area contributed by atoms with Gasteiger partial charge in [0, 0.05) is 38.8 Å². The van der Waals surface area contributed by atoms with E-state index in [1.165, 1.54) is 0 Å². The van der Waals surface area contributed by atoms with Crippen molar-refractivity contribution in [3.63, 3.8) is 0 Å². The molecule has 0 saturated carbocycles. The highest BCUT2D eigenvalue weighted by Gasteiger charge is 2.13. The van der Waals surface area contributed by atoms with Gasteiger partial charge in [0.05, 0.1) is 0 Å². The molecular formula is C13H23N5. The van der Waals surface area contributed by atoms with Crippen LogP contribution in [0, 0.1) is 12.8 Å². The largest absolute Gasteiger partial charge is 0.370 e. The lowest BCUT2D eigenvalue weighted by Crippen LogP contribution is -2.44. The third kappa shape index (κ3) is 3.57. The zero-order valence-corrected chi connectivity index (χ0v) is 11.5. The number of aromatic nitrogens is 2. The highest BCUT2D eigenvalue weighted by atomic mass is 15.2. The van der Waals surface area contributed by atoms with Crippen molar-refractivity contribution in [3.8, 4) is 0 Å². The average Bonchev–Trinajstić information content (AvgIpc) is 2.37. The third-order valence-electron chi connectivity index (χ3n) is 2.96. The van der Waals surface area contributed by atoms with Gasteiger partial charge < -0.3 is 15.5 Å². The van der Waals surface area contributed by atoms with E-state index in [-0.39, 0.29) is 0 Å². The summed E-state index contributed by atoms with van der Waals surface area (Å²) < 4.78 is 0. The lowest BCUT2D eigenvalue weighted by atomic mass is 10.2. The Kier molecular flexibility index (Phi) is 4.36. The molecule has 0 amide bonds. The lowest BCUT2D eigenvalue weighted by molar-refractivity contribution is 0.584. The minimum atomic E-state index is 0.614. The summed E-state index contributed by atoms with van der Waals surface area (Å²) in [6.07, 6.45) is 0. The predicted octanol–water partition coefficient (Wildman–Crippen LogP) is 1.26. The molecule has 5 heteroatoms. The third-order valence-corrected chi connectivity index (χ3v) is 2.96. The molecule has 100 valence electrons. The molecule has 0 unspecified atom stereocenters. The zero-order valence-electron chi connectivity index (χ0n) is 11.5. The van der Waals surface area contributed by atoms with E-state index in [9.17, 15) is 0 Å². The summed E-state index contributed by atoms with van der Waals surface area (Å²) in [5.74, 6) is 3.42. The fraction of sp³-hybridized carbons (Fsp3) is 0.692. The van der Waals surface area contributed by atoms with E-state index in [2.05, 4.69) is 45.4 Å². The molecule has 2 heterocycles. The summed E-state index contributed by atoms with van der Waals surface area (Å²) in [6.45, 7) is 11.4. The molecule has 5 nitrogen and oxygen atoms in total. The summed E-state index contributed by atoms with van der Waals surface area (Å²) in [4.78, 5) is 11.3. The molecule has 2 N–H and O–H groups in total. The van der Waals surface area contributed by atoms with Crippen molar-refractivity contribution < 1.29 is 0 Å². The first kappa shape index (κ1) is 13.1. The number of anilines is 2. The van der Waals surface area contributed by atoms with Gasteiger partial charge >= 0.3 is 0 Å². The first-order valence-corrected chi connectivity index (χ1v) is 6.70. The molecule has 2 rings (SSSR count). The number of nitrogens with one attached hydrogen (secondary N) is 2. The second-order valence-corrected chi connectivity index (χ2v) is 5.17. The molecule has 1 aromatic rings. The first-order chi connectivity index (χ1) is 8.65. The minimum absolute atomic E-state index is 0.614. The van der Waals surface area contributed by atoms with Gasteiger partial charge in [-0.1, -0.05) is 13.8 Å². The van der Waals surface area contributed by atoms with Gasteiger partial charge in [-0.3, -0.25) is 0 Å². The van der Waals surface area contributed by atoms with Gasteiger partial charge in [-0.2, -0.15) is 0 Å². The maximum absolute atomic E-state index is 4.53. The molecular weight excluding hydrogens is 226 g/mol. The Bertz CT molecular complexity index is 385. The van der Waals surface area contributed by atoms with Crippen LogP contribution in [0.25, 0.3) is 0 Å². The number of aryl methyl sites for hydroxylation is 1. The normalized spacial score (nSPS) is 16.1. The van der Waals surface area contributed by atoms with E-state index in [1.807, 2.05) is 6.92 Å². The monoisotopic (exact) mass is 249 g/mol. The summed E-state index contributed by atoms with van der Waals surface area (Å²) >= 11 is 0. The van der Waals surface area contributed by atoms with Crippen molar-refractivity contribution in [1.82, 2.24) is 15.3 Å². The van der Waals surface area contributed by atoms with Gasteiger partial charge in [0.1, 0.15) is 17.5 Å². The van der Waals surface area contributed by atoms with Crippen LogP contribution in [0.15, 0.2) is 6.07 Å². The highest BCUT2D eigenvalue weighted by Crippen LogP contribution is 2.16. The van der Waals surface area contributed by atoms with Crippen LogP contribution in [-0.4, -0.2) is 42.7 Å². The van der Waals surface area contributed by atoms with Crippen molar-refractivity contribution in [2.45, 2.75) is 20.8 Å². The van der Waals surface area contributed by atoms with Crippen molar-refractivity contribution in [2.75, 3.05) is 42.9 Å². The molecule has 1 aromatic heterocycles. The van der Waals surface area contributed by atoms with Crippen molar-refractivity contribution in [3.05, 3.63) is 11.9 Å². The van der Waals surface area contributed by atoms with Crippen LogP contribution in [0.2, 0.25) is 0 Å². The molecule has 0 bridgehead atoms. The van der Waals surface area contributed by atoms with Gasteiger partial charge in [0.2, 0.25) is 0 Å². The Morgan fingerprint density at radius 3 is 2.72 bits per heavy atom. The Balaban J connectivity index is 2.09. The van der Waals surface area contributed by atoms with Crippen LogP contribution < -0.4 is 15.5 Å². The molecule has 0 spiro atoms. The van der Waals surface area contributed by atoms with E-state index in [4.69, 9.17) is 0 Å². The lowest BCUT2D eigenvalue weighted by Gasteiger charge is -2.28. The van der Waals surface area contributed by atoms with Crippen LogP contribution in [0.1, 0.15) is 19.7 Å². The van der Waals surface area contributed by atoms with Gasteiger partial charge in [-0.25, -0.2) is 9.97 Å². The fourth-order valence-electron chi connectivity index (χ4n) is 2.01. The van der Waals surface area contributed by atoms with Gasteiger partial charge in [-0.15, -0.1) is 0 Å². The van der Waals surface area contributed by atoms with Crippen LogP contribution >= 0.6 is 0 Å². The Labute approximate surface area is 109 Å². The highest BCUT2D eigenvalue weighted by molar-refractivity contribution is 5.49.